The molecular weight excluding hydrogens is 224 g/mol. The lowest BCUT2D eigenvalue weighted by atomic mass is 9.74. The monoisotopic (exact) mass is 244 g/mol. The molecule has 2 rings (SSSR count). The average Bonchev–Trinajstić information content (AvgIpc) is 2.64. The molecule has 1 saturated heterocycles. The molecule has 0 aromatic carbocycles. The molecule has 1 heterocycles. The Balaban J connectivity index is 2.04. The number of allylic oxidation sites excluding steroid dienone is 2. The molecule has 1 aliphatic carbocycles. The van der Waals surface area contributed by atoms with Crippen LogP contribution in [0.3, 0.4) is 0 Å². The smallest absolute Gasteiger partial charge is 0.161 e. The molecule has 0 aromatic heterocycles. The highest BCUT2D eigenvalue weighted by Crippen LogP contribution is 2.38. The minimum Gasteiger partial charge on any atom is -0.350 e. The van der Waals surface area contributed by atoms with Gasteiger partial charge in [0.15, 0.2) is 6.29 Å². The van der Waals surface area contributed by atoms with E-state index in [4.69, 9.17) is 21.1 Å². The van der Waals surface area contributed by atoms with Gasteiger partial charge in [-0.25, -0.2) is 0 Å². The molecule has 5 atom stereocenters. The largest absolute Gasteiger partial charge is 0.350 e. The van der Waals surface area contributed by atoms with Gasteiger partial charge in [-0.05, 0) is 25.2 Å². The quantitative estimate of drug-likeness (QED) is 0.549. The van der Waals surface area contributed by atoms with Crippen molar-refractivity contribution >= 4 is 11.6 Å². The van der Waals surface area contributed by atoms with Crippen LogP contribution in [0.25, 0.3) is 0 Å². The summed E-state index contributed by atoms with van der Waals surface area (Å²) >= 11 is 5.79. The lowest BCUT2D eigenvalue weighted by molar-refractivity contribution is -0.119. The zero-order valence-electron chi connectivity index (χ0n) is 10.3. The van der Waals surface area contributed by atoms with Gasteiger partial charge in [0.25, 0.3) is 0 Å². The van der Waals surface area contributed by atoms with Crippen LogP contribution in [-0.2, 0) is 9.47 Å². The fourth-order valence-electron chi connectivity index (χ4n) is 3.06. The molecule has 0 aromatic rings. The molecule has 3 heteroatoms. The van der Waals surface area contributed by atoms with Gasteiger partial charge in [0.05, 0.1) is 18.6 Å². The van der Waals surface area contributed by atoms with Gasteiger partial charge in [-0.3, -0.25) is 0 Å². The van der Waals surface area contributed by atoms with Crippen molar-refractivity contribution in [3.05, 3.63) is 11.6 Å². The summed E-state index contributed by atoms with van der Waals surface area (Å²) in [5.41, 5.74) is 1.49. The van der Waals surface area contributed by atoms with Gasteiger partial charge >= 0.3 is 0 Å². The summed E-state index contributed by atoms with van der Waals surface area (Å²) in [6.45, 7) is 7.40. The van der Waals surface area contributed by atoms with Crippen LogP contribution >= 0.6 is 11.6 Å². The number of alkyl halides is 1. The van der Waals surface area contributed by atoms with E-state index in [1.165, 1.54) is 5.57 Å². The Bertz CT molecular complexity index is 277. The number of ether oxygens (including phenoxy) is 2. The summed E-state index contributed by atoms with van der Waals surface area (Å²) in [5, 5.41) is 0. The SMILES string of the molecule is CC1=CC(C)C(C2OCC(CCl)O2)C(C)C1. The topological polar surface area (TPSA) is 18.5 Å². The Hall–Kier alpha value is -0.0500. The maximum absolute atomic E-state index is 5.84. The lowest BCUT2D eigenvalue weighted by Gasteiger charge is -2.35. The lowest BCUT2D eigenvalue weighted by Crippen LogP contribution is -2.35. The third-order valence-electron chi connectivity index (χ3n) is 3.71. The van der Waals surface area contributed by atoms with Crippen molar-refractivity contribution in [2.75, 3.05) is 12.5 Å². The molecule has 0 N–H and O–H groups in total. The number of halogens is 1. The Morgan fingerprint density at radius 3 is 2.75 bits per heavy atom. The molecule has 2 aliphatic rings. The van der Waals surface area contributed by atoms with Crippen molar-refractivity contribution in [1.82, 2.24) is 0 Å². The molecule has 92 valence electrons. The molecule has 5 unspecified atom stereocenters. The zero-order valence-corrected chi connectivity index (χ0v) is 11.0. The number of hydrogen-bond donors (Lipinski definition) is 0. The first-order valence-corrected chi connectivity index (χ1v) is 6.65. The van der Waals surface area contributed by atoms with E-state index in [2.05, 4.69) is 26.8 Å². The fourth-order valence-corrected chi connectivity index (χ4v) is 3.22. The van der Waals surface area contributed by atoms with Gasteiger partial charge < -0.3 is 9.47 Å². The van der Waals surface area contributed by atoms with Crippen molar-refractivity contribution in [3.63, 3.8) is 0 Å². The summed E-state index contributed by atoms with van der Waals surface area (Å²) in [7, 11) is 0. The third-order valence-corrected chi connectivity index (χ3v) is 4.06. The second-order valence-corrected chi connectivity index (χ2v) is 5.55. The molecule has 2 nitrogen and oxygen atoms in total. The van der Waals surface area contributed by atoms with Gasteiger partial charge in [0.2, 0.25) is 0 Å². The zero-order chi connectivity index (χ0) is 11.7. The van der Waals surface area contributed by atoms with Crippen molar-refractivity contribution in [3.8, 4) is 0 Å². The van der Waals surface area contributed by atoms with E-state index in [1.807, 2.05) is 0 Å². The van der Waals surface area contributed by atoms with Gasteiger partial charge in [-0.1, -0.05) is 25.5 Å². The molecule has 1 aliphatic heterocycles. The van der Waals surface area contributed by atoms with E-state index < -0.39 is 0 Å². The van der Waals surface area contributed by atoms with Crippen LogP contribution in [0.15, 0.2) is 11.6 Å². The minimum absolute atomic E-state index is 0.0573. The van der Waals surface area contributed by atoms with Gasteiger partial charge in [-0.15, -0.1) is 11.6 Å². The Morgan fingerprint density at radius 2 is 2.19 bits per heavy atom. The summed E-state index contributed by atoms with van der Waals surface area (Å²) in [4.78, 5) is 0. The highest BCUT2D eigenvalue weighted by atomic mass is 35.5. The molecule has 0 amide bonds. The van der Waals surface area contributed by atoms with Crippen LogP contribution in [-0.4, -0.2) is 24.9 Å². The van der Waals surface area contributed by atoms with E-state index in [-0.39, 0.29) is 12.4 Å². The second kappa shape index (κ2) is 5.07. The van der Waals surface area contributed by atoms with E-state index >= 15 is 0 Å². The van der Waals surface area contributed by atoms with Crippen LogP contribution in [0.4, 0.5) is 0 Å². The van der Waals surface area contributed by atoms with Crippen molar-refractivity contribution in [2.45, 2.75) is 39.6 Å². The van der Waals surface area contributed by atoms with Gasteiger partial charge in [-0.2, -0.15) is 0 Å². The predicted octanol–water partition coefficient (Wildman–Crippen LogP) is 3.21. The first-order valence-electron chi connectivity index (χ1n) is 6.12. The Kier molecular flexibility index (Phi) is 3.93. The third kappa shape index (κ3) is 2.44. The van der Waals surface area contributed by atoms with Crippen LogP contribution in [0.5, 0.6) is 0 Å². The summed E-state index contributed by atoms with van der Waals surface area (Å²) in [5.74, 6) is 2.15. The van der Waals surface area contributed by atoms with Gasteiger partial charge in [0.1, 0.15) is 0 Å². The number of rotatable bonds is 2. The molecule has 0 radical (unpaired) electrons. The van der Waals surface area contributed by atoms with E-state index in [0.717, 1.165) is 6.42 Å². The average molecular weight is 245 g/mol. The maximum atomic E-state index is 5.84. The Morgan fingerprint density at radius 1 is 1.44 bits per heavy atom. The molecular formula is C13H21ClO2. The predicted molar refractivity (Wildman–Crippen MR) is 65.5 cm³/mol. The number of hydrogen-bond acceptors (Lipinski definition) is 2. The highest BCUT2D eigenvalue weighted by Gasteiger charge is 2.39. The summed E-state index contributed by atoms with van der Waals surface area (Å²) < 4.78 is 11.6. The molecule has 0 spiro atoms. The first-order chi connectivity index (χ1) is 7.61. The van der Waals surface area contributed by atoms with Crippen molar-refractivity contribution in [2.24, 2.45) is 17.8 Å². The summed E-state index contributed by atoms with van der Waals surface area (Å²) in [6, 6.07) is 0. The molecule has 0 bridgehead atoms. The second-order valence-electron chi connectivity index (χ2n) is 5.25. The highest BCUT2D eigenvalue weighted by molar-refractivity contribution is 6.18. The van der Waals surface area contributed by atoms with E-state index in [1.54, 1.807) is 0 Å². The van der Waals surface area contributed by atoms with Crippen molar-refractivity contribution < 1.29 is 9.47 Å². The normalized spacial score (nSPS) is 44.5. The van der Waals surface area contributed by atoms with Crippen LogP contribution in [0.2, 0.25) is 0 Å². The molecule has 1 fully saturated rings. The standard InChI is InChI=1S/C13H21ClO2/c1-8-4-9(2)12(10(3)5-8)13-15-7-11(6-14)16-13/h4,9-13H,5-7H2,1-3H3. The minimum atomic E-state index is -0.0573. The maximum Gasteiger partial charge on any atom is 0.161 e. The van der Waals surface area contributed by atoms with Crippen LogP contribution < -0.4 is 0 Å². The van der Waals surface area contributed by atoms with Crippen LogP contribution in [0, 0.1) is 17.8 Å². The molecule has 16 heavy (non-hydrogen) atoms. The summed E-state index contributed by atoms with van der Waals surface area (Å²) in [6.07, 6.45) is 3.53. The van der Waals surface area contributed by atoms with Crippen LogP contribution in [0.1, 0.15) is 27.2 Å². The molecule has 0 saturated carbocycles. The Labute approximate surface area is 103 Å². The van der Waals surface area contributed by atoms with E-state index in [9.17, 15) is 0 Å². The van der Waals surface area contributed by atoms with E-state index in [0.29, 0.717) is 30.2 Å². The first kappa shape index (κ1) is 12.4. The fraction of sp³-hybridized carbons (Fsp3) is 0.846. The van der Waals surface area contributed by atoms with Crippen molar-refractivity contribution in [1.29, 1.82) is 0 Å². The van der Waals surface area contributed by atoms with Gasteiger partial charge in [0, 0.05) is 5.92 Å².